The van der Waals surface area contributed by atoms with Gasteiger partial charge in [-0.2, -0.15) is 13.8 Å². The average Bonchev–Trinajstić information content (AvgIpc) is 3.19. The van der Waals surface area contributed by atoms with Gasteiger partial charge in [-0.25, -0.2) is 0 Å². The topological polar surface area (TPSA) is 90.0 Å². The van der Waals surface area contributed by atoms with E-state index in [1.54, 1.807) is 8.93 Å². The van der Waals surface area contributed by atoms with Gasteiger partial charge in [0, 0.05) is 24.8 Å². The molecule has 3 rings (SSSR count). The molecule has 2 heterocycles. The molecule has 1 N–H and O–H groups in total. The van der Waals surface area contributed by atoms with Gasteiger partial charge in [-0.15, -0.1) is 0 Å². The summed E-state index contributed by atoms with van der Waals surface area (Å²) in [5.41, 5.74) is 0.292. The predicted molar refractivity (Wildman–Crippen MR) is 142 cm³/mol. The maximum Gasteiger partial charge on any atom is 0.388 e. The van der Waals surface area contributed by atoms with Crippen molar-refractivity contribution < 1.29 is 32.6 Å². The highest BCUT2D eigenvalue weighted by atomic mass is 127. The Labute approximate surface area is 225 Å². The highest BCUT2D eigenvalue weighted by molar-refractivity contribution is 14.2. The van der Waals surface area contributed by atoms with Crippen LogP contribution in [0.15, 0.2) is 36.4 Å². The van der Waals surface area contributed by atoms with Crippen LogP contribution in [0, 0.1) is 0 Å². The Hall–Kier alpha value is -2.19. The summed E-state index contributed by atoms with van der Waals surface area (Å²) in [4.78, 5) is 32.4. The molecular formula is C24H28F2IN3O5S. The quantitative estimate of drug-likeness (QED) is 0.260. The van der Waals surface area contributed by atoms with Gasteiger partial charge in [0.05, 0.1) is 13.7 Å². The molecule has 1 aliphatic rings. The van der Waals surface area contributed by atoms with Gasteiger partial charge in [-0.05, 0) is 44.3 Å². The molecular weight excluding hydrogens is 607 g/mol. The van der Waals surface area contributed by atoms with Crippen molar-refractivity contribution in [3.05, 3.63) is 47.5 Å². The van der Waals surface area contributed by atoms with Crippen LogP contribution in [0.5, 0.6) is 11.8 Å². The van der Waals surface area contributed by atoms with Gasteiger partial charge < -0.3 is 24.4 Å². The highest BCUT2D eigenvalue weighted by Gasteiger charge is 2.51. The van der Waals surface area contributed by atoms with E-state index in [1.165, 1.54) is 24.1 Å². The standard InChI is InChI=1S/C24H28F2IN3O5S/c1-15(2)16-6-4-5-7-17(16)24(12-20(31)30(13-24)14-34-10-11-36-27)22(32)28-18-8-9-19(33-3)29-21(18)35-23(25)26/h4-9,15,23H,10-14H2,1-3H3,(H,28,32). The summed E-state index contributed by atoms with van der Waals surface area (Å²) in [7, 11) is 2.94. The Kier molecular flexibility index (Phi) is 10.1. The van der Waals surface area contributed by atoms with E-state index >= 15 is 0 Å². The minimum atomic E-state index is -3.16. The van der Waals surface area contributed by atoms with E-state index in [0.29, 0.717) is 12.2 Å². The van der Waals surface area contributed by atoms with Gasteiger partial charge in [0.1, 0.15) is 17.8 Å². The number of hydrogen-bond acceptors (Lipinski definition) is 7. The molecule has 1 saturated heterocycles. The smallest absolute Gasteiger partial charge is 0.388 e. The van der Waals surface area contributed by atoms with E-state index in [0.717, 1.165) is 11.3 Å². The second kappa shape index (κ2) is 12.9. The van der Waals surface area contributed by atoms with Crippen LogP contribution < -0.4 is 14.8 Å². The maximum absolute atomic E-state index is 13.9. The number of ether oxygens (including phenoxy) is 3. The molecule has 1 aromatic heterocycles. The number of methoxy groups -OCH3 is 1. The van der Waals surface area contributed by atoms with Crippen molar-refractivity contribution in [3.63, 3.8) is 0 Å². The molecule has 0 aliphatic carbocycles. The summed E-state index contributed by atoms with van der Waals surface area (Å²) in [6.45, 7) is 1.45. The summed E-state index contributed by atoms with van der Waals surface area (Å²) in [6.07, 6.45) is -0.0957. The van der Waals surface area contributed by atoms with Crippen molar-refractivity contribution in [1.82, 2.24) is 9.88 Å². The Morgan fingerprint density at radius 2 is 2.03 bits per heavy atom. The summed E-state index contributed by atoms with van der Waals surface area (Å²) < 4.78 is 41.3. The number of hydrogen-bond donors (Lipinski definition) is 1. The molecule has 0 bridgehead atoms. The largest absolute Gasteiger partial charge is 0.481 e. The van der Waals surface area contributed by atoms with Gasteiger partial charge >= 0.3 is 6.61 Å². The van der Waals surface area contributed by atoms with E-state index in [9.17, 15) is 18.4 Å². The zero-order chi connectivity index (χ0) is 26.3. The fourth-order valence-electron chi connectivity index (χ4n) is 4.16. The number of rotatable bonds is 12. The lowest BCUT2D eigenvalue weighted by Crippen LogP contribution is -2.44. The van der Waals surface area contributed by atoms with E-state index < -0.39 is 23.8 Å². The van der Waals surface area contributed by atoms with E-state index in [4.69, 9.17) is 9.47 Å². The summed E-state index contributed by atoms with van der Waals surface area (Å²) in [6, 6.07) is 10.3. The normalized spacial score (nSPS) is 17.7. The van der Waals surface area contributed by atoms with Gasteiger partial charge in [0.2, 0.25) is 23.6 Å². The fourth-order valence-corrected chi connectivity index (χ4v) is 4.88. The number of benzene rings is 1. The SMILES string of the molecule is COc1ccc(NC(=O)C2(c3ccccc3C(C)C)CC(=O)N(COCCSI)C2)c(OC(F)F)n1. The van der Waals surface area contributed by atoms with E-state index in [1.807, 2.05) is 38.1 Å². The number of pyridine rings is 1. The number of amides is 2. The zero-order valence-electron chi connectivity index (χ0n) is 20.1. The highest BCUT2D eigenvalue weighted by Crippen LogP contribution is 2.41. The van der Waals surface area contributed by atoms with Gasteiger partial charge in [0.25, 0.3) is 0 Å². The molecule has 8 nitrogen and oxygen atoms in total. The Morgan fingerprint density at radius 3 is 2.69 bits per heavy atom. The number of carbonyl (C=O) groups excluding carboxylic acids is 2. The molecule has 0 spiro atoms. The van der Waals surface area contributed by atoms with Gasteiger partial charge in [-0.1, -0.05) is 47.0 Å². The minimum absolute atomic E-state index is 0.0487. The molecule has 12 heteroatoms. The van der Waals surface area contributed by atoms with E-state index in [2.05, 4.69) is 36.2 Å². The molecule has 0 radical (unpaired) electrons. The van der Waals surface area contributed by atoms with Crippen molar-refractivity contribution in [2.24, 2.45) is 0 Å². The molecule has 1 fully saturated rings. The molecule has 36 heavy (non-hydrogen) atoms. The van der Waals surface area contributed by atoms with Crippen LogP contribution in [-0.2, 0) is 19.7 Å². The lowest BCUT2D eigenvalue weighted by atomic mass is 9.74. The van der Waals surface area contributed by atoms with Gasteiger partial charge in [0.15, 0.2) is 0 Å². The number of halogens is 3. The first-order chi connectivity index (χ1) is 17.2. The van der Waals surface area contributed by atoms with E-state index in [-0.39, 0.29) is 43.1 Å². The Morgan fingerprint density at radius 1 is 1.28 bits per heavy atom. The van der Waals surface area contributed by atoms with Crippen molar-refractivity contribution in [2.75, 3.05) is 38.1 Å². The molecule has 196 valence electrons. The predicted octanol–water partition coefficient (Wildman–Crippen LogP) is 4.98. The third-order valence-electron chi connectivity index (χ3n) is 5.84. The molecule has 2 amide bonds. The second-order valence-electron chi connectivity index (χ2n) is 8.48. The number of nitrogens with zero attached hydrogens (tertiary/aromatic N) is 2. The minimum Gasteiger partial charge on any atom is -0.481 e. The molecule has 1 aliphatic heterocycles. The number of aromatic nitrogens is 1. The van der Waals surface area contributed by atoms with Crippen LogP contribution in [0.1, 0.15) is 37.3 Å². The van der Waals surface area contributed by atoms with Crippen LogP contribution in [-0.4, -0.2) is 61.1 Å². The number of nitrogens with one attached hydrogen (secondary N) is 1. The van der Waals surface area contributed by atoms with Gasteiger partial charge in [-0.3, -0.25) is 9.59 Å². The zero-order valence-corrected chi connectivity index (χ0v) is 23.1. The van der Waals surface area contributed by atoms with Crippen LogP contribution in [0.3, 0.4) is 0 Å². The first-order valence-electron chi connectivity index (χ1n) is 11.2. The summed E-state index contributed by atoms with van der Waals surface area (Å²) in [5, 5.41) is 2.69. The molecule has 0 saturated carbocycles. The fraction of sp³-hybridized carbons (Fsp3) is 0.458. The molecule has 1 unspecified atom stereocenters. The second-order valence-corrected chi connectivity index (χ2v) is 11.0. The summed E-state index contributed by atoms with van der Waals surface area (Å²) in [5.74, 6) is -0.351. The van der Waals surface area contributed by atoms with Crippen molar-refractivity contribution in [3.8, 4) is 11.8 Å². The summed E-state index contributed by atoms with van der Waals surface area (Å²) >= 11 is 2.17. The lowest BCUT2D eigenvalue weighted by Gasteiger charge is -2.31. The number of likely N-dealkylation sites (tertiary alicyclic amines) is 1. The third kappa shape index (κ3) is 6.57. The van der Waals surface area contributed by atoms with Crippen molar-refractivity contribution in [2.45, 2.75) is 38.2 Å². The first kappa shape index (κ1) is 28.4. The Balaban J connectivity index is 2.00. The van der Waals surface area contributed by atoms with Crippen LogP contribution in [0.25, 0.3) is 0 Å². The molecule has 1 aromatic carbocycles. The van der Waals surface area contributed by atoms with Crippen molar-refractivity contribution >= 4 is 47.6 Å². The lowest BCUT2D eigenvalue weighted by molar-refractivity contribution is -0.132. The van der Waals surface area contributed by atoms with Crippen molar-refractivity contribution in [1.29, 1.82) is 0 Å². The average molecular weight is 635 g/mol. The monoisotopic (exact) mass is 635 g/mol. The number of alkyl halides is 2. The maximum atomic E-state index is 13.9. The molecule has 1 atom stereocenters. The number of carbonyl (C=O) groups is 2. The first-order valence-corrected chi connectivity index (χ1v) is 14.7. The molecule has 2 aromatic rings. The Bertz CT molecular complexity index is 1080. The number of anilines is 1. The van der Waals surface area contributed by atoms with Crippen LogP contribution >= 0.6 is 30.1 Å². The third-order valence-corrected chi connectivity index (χ3v) is 7.49. The van der Waals surface area contributed by atoms with Crippen LogP contribution in [0.2, 0.25) is 0 Å². The van der Waals surface area contributed by atoms with Crippen LogP contribution in [0.4, 0.5) is 14.5 Å².